The minimum absolute atomic E-state index is 0.0765. The van der Waals surface area contributed by atoms with E-state index in [-0.39, 0.29) is 11.3 Å². The Hall–Kier alpha value is -4.00. The van der Waals surface area contributed by atoms with Gasteiger partial charge in [0.15, 0.2) is 0 Å². The second-order valence-electron chi connectivity index (χ2n) is 5.93. The fourth-order valence-corrected chi connectivity index (χ4v) is 2.34. The highest BCUT2D eigenvalue weighted by atomic mass is 16.7. The lowest BCUT2D eigenvalue weighted by atomic mass is 10.1. The fourth-order valence-electron chi connectivity index (χ4n) is 2.34. The van der Waals surface area contributed by atoms with Crippen LogP contribution in [0.5, 0.6) is 5.75 Å². The van der Waals surface area contributed by atoms with Crippen LogP contribution >= 0.6 is 0 Å². The molecule has 0 saturated carbocycles. The smallest absolute Gasteiger partial charge is 0.362 e. The molecule has 0 heterocycles. The van der Waals surface area contributed by atoms with Crippen LogP contribution in [-0.2, 0) is 4.84 Å². The minimum Gasteiger partial charge on any atom is -0.507 e. The first kappa shape index (κ1) is 18.8. The van der Waals surface area contributed by atoms with E-state index in [1.54, 1.807) is 54.6 Å². The number of phenolic OH excluding ortho intramolecular Hbond substituents is 1. The summed E-state index contributed by atoms with van der Waals surface area (Å²) in [5.74, 6) is -1.30. The molecule has 0 aliphatic carbocycles. The number of aryl methyl sites for hydroxylation is 1. The highest BCUT2D eigenvalue weighted by Gasteiger charge is 2.09. The first-order valence-electron chi connectivity index (χ1n) is 8.41. The third-order valence-electron chi connectivity index (χ3n) is 3.77. The lowest BCUT2D eigenvalue weighted by molar-refractivity contribution is 0.0596. The van der Waals surface area contributed by atoms with Gasteiger partial charge in [-0.15, -0.1) is 10.2 Å². The number of carbonyl (C=O) groups excluding carboxylic acids is 2. The number of aromatic hydroxyl groups is 1. The Bertz CT molecular complexity index is 1030. The van der Waals surface area contributed by atoms with E-state index in [0.29, 0.717) is 16.9 Å². The van der Waals surface area contributed by atoms with Gasteiger partial charge in [-0.3, -0.25) is 4.79 Å². The molecule has 3 aromatic carbocycles. The molecular formula is C21H17N3O4. The second-order valence-corrected chi connectivity index (χ2v) is 5.93. The van der Waals surface area contributed by atoms with Crippen molar-refractivity contribution in [1.82, 2.24) is 0 Å². The molecule has 0 atom stereocenters. The van der Waals surface area contributed by atoms with Gasteiger partial charge in [-0.1, -0.05) is 29.8 Å². The highest BCUT2D eigenvalue weighted by Crippen LogP contribution is 2.20. The number of nitrogens with one attached hydrogen (secondary N) is 1. The van der Waals surface area contributed by atoms with Gasteiger partial charge in [0.1, 0.15) is 5.75 Å². The topological polar surface area (TPSA) is 100 Å². The first-order valence-corrected chi connectivity index (χ1v) is 8.41. The van der Waals surface area contributed by atoms with E-state index >= 15 is 0 Å². The van der Waals surface area contributed by atoms with Gasteiger partial charge >= 0.3 is 5.97 Å². The molecule has 0 unspecified atom stereocenters. The van der Waals surface area contributed by atoms with Gasteiger partial charge in [0.05, 0.1) is 22.5 Å². The van der Waals surface area contributed by atoms with E-state index in [1.807, 2.05) is 13.0 Å². The summed E-state index contributed by atoms with van der Waals surface area (Å²) in [5, 5.41) is 17.1. The number of hydrogen-bond donors (Lipinski definition) is 2. The van der Waals surface area contributed by atoms with Crippen molar-refractivity contribution in [3.05, 3.63) is 89.5 Å². The molecular weight excluding hydrogens is 358 g/mol. The van der Waals surface area contributed by atoms with Gasteiger partial charge in [-0.05, 0) is 55.5 Å². The molecule has 0 saturated heterocycles. The Kier molecular flexibility index (Phi) is 5.76. The summed E-state index contributed by atoms with van der Waals surface area (Å²) >= 11 is 0. The van der Waals surface area contributed by atoms with Crippen molar-refractivity contribution in [2.45, 2.75) is 6.92 Å². The monoisotopic (exact) mass is 375 g/mol. The van der Waals surface area contributed by atoms with Crippen LogP contribution in [0.4, 0.5) is 11.4 Å². The van der Waals surface area contributed by atoms with Crippen molar-refractivity contribution in [2.24, 2.45) is 10.2 Å². The Morgan fingerprint density at radius 3 is 2.43 bits per heavy atom. The first-order chi connectivity index (χ1) is 13.5. The van der Waals surface area contributed by atoms with Crippen LogP contribution in [0.1, 0.15) is 26.3 Å². The van der Waals surface area contributed by atoms with Crippen molar-refractivity contribution in [1.29, 1.82) is 0 Å². The standard InChI is InChI=1S/C21H17N3O4/c1-14-5-4-6-15(13-14)21(27)28-24-17-11-9-16(10-12-17)22-23-20(26)18-7-2-3-8-19(18)25/h2-13,24-25H,1H3. The van der Waals surface area contributed by atoms with Crippen molar-refractivity contribution >= 4 is 23.3 Å². The van der Waals surface area contributed by atoms with Gasteiger partial charge < -0.3 is 9.94 Å². The number of carbonyl (C=O) groups is 2. The molecule has 0 aliphatic heterocycles. The Labute approximate surface area is 161 Å². The maximum Gasteiger partial charge on any atom is 0.362 e. The molecule has 7 heteroatoms. The molecule has 0 aromatic heterocycles. The molecule has 28 heavy (non-hydrogen) atoms. The molecule has 2 N–H and O–H groups in total. The van der Waals surface area contributed by atoms with Crippen LogP contribution in [0.25, 0.3) is 0 Å². The quantitative estimate of drug-likeness (QED) is 0.492. The third kappa shape index (κ3) is 4.79. The number of para-hydroxylation sites is 1. The summed E-state index contributed by atoms with van der Waals surface area (Å²) in [5.41, 5.74) is 5.01. The molecule has 0 aliphatic rings. The van der Waals surface area contributed by atoms with E-state index in [9.17, 15) is 14.7 Å². The third-order valence-corrected chi connectivity index (χ3v) is 3.77. The number of benzene rings is 3. The van der Waals surface area contributed by atoms with E-state index in [0.717, 1.165) is 5.56 Å². The van der Waals surface area contributed by atoms with Crippen LogP contribution in [0.3, 0.4) is 0 Å². The maximum atomic E-state index is 12.0. The molecule has 0 radical (unpaired) electrons. The molecule has 3 aromatic rings. The summed E-state index contributed by atoms with van der Waals surface area (Å²) in [4.78, 5) is 29.0. The molecule has 0 spiro atoms. The Morgan fingerprint density at radius 2 is 1.71 bits per heavy atom. The average molecular weight is 375 g/mol. The number of nitrogens with zero attached hydrogens (tertiary/aromatic N) is 2. The number of amides is 1. The zero-order valence-electron chi connectivity index (χ0n) is 15.0. The second kappa shape index (κ2) is 8.59. The lowest BCUT2D eigenvalue weighted by Gasteiger charge is -2.07. The summed E-state index contributed by atoms with van der Waals surface area (Å²) in [6.45, 7) is 1.89. The van der Waals surface area contributed by atoms with Crippen molar-refractivity contribution in [3.63, 3.8) is 0 Å². The number of rotatable bonds is 5. The van der Waals surface area contributed by atoms with E-state index in [1.165, 1.54) is 12.1 Å². The average Bonchev–Trinajstić information content (AvgIpc) is 2.71. The van der Waals surface area contributed by atoms with Gasteiger partial charge in [0, 0.05) is 0 Å². The number of hydrogen-bond acceptors (Lipinski definition) is 6. The molecule has 0 fully saturated rings. The van der Waals surface area contributed by atoms with Crippen molar-refractivity contribution in [3.8, 4) is 5.75 Å². The highest BCUT2D eigenvalue weighted by molar-refractivity contribution is 5.97. The van der Waals surface area contributed by atoms with Gasteiger partial charge in [-0.25, -0.2) is 10.3 Å². The molecule has 140 valence electrons. The zero-order chi connectivity index (χ0) is 19.9. The predicted octanol–water partition coefficient (Wildman–Crippen LogP) is 4.81. The predicted molar refractivity (Wildman–Crippen MR) is 104 cm³/mol. The van der Waals surface area contributed by atoms with E-state index < -0.39 is 11.9 Å². The molecule has 7 nitrogen and oxygen atoms in total. The summed E-state index contributed by atoms with van der Waals surface area (Å²) in [7, 11) is 0. The Morgan fingerprint density at radius 1 is 0.964 bits per heavy atom. The van der Waals surface area contributed by atoms with Crippen LogP contribution in [0, 0.1) is 6.92 Å². The van der Waals surface area contributed by atoms with Crippen LogP contribution < -0.4 is 5.48 Å². The van der Waals surface area contributed by atoms with Gasteiger partial charge in [-0.2, -0.15) is 0 Å². The van der Waals surface area contributed by atoms with Crippen LogP contribution in [0.2, 0.25) is 0 Å². The summed E-state index contributed by atoms with van der Waals surface area (Å²) < 4.78 is 0. The van der Waals surface area contributed by atoms with E-state index in [2.05, 4.69) is 15.7 Å². The fraction of sp³-hybridized carbons (Fsp3) is 0.0476. The van der Waals surface area contributed by atoms with Crippen molar-refractivity contribution in [2.75, 3.05) is 5.48 Å². The largest absolute Gasteiger partial charge is 0.507 e. The SMILES string of the molecule is Cc1cccc(C(=O)ONc2ccc(N=NC(=O)c3ccccc3O)cc2)c1. The Balaban J connectivity index is 1.58. The maximum absolute atomic E-state index is 12.0. The lowest BCUT2D eigenvalue weighted by Crippen LogP contribution is -2.10. The zero-order valence-corrected chi connectivity index (χ0v) is 15.0. The summed E-state index contributed by atoms with van der Waals surface area (Å²) in [6, 6.07) is 19.6. The van der Waals surface area contributed by atoms with Gasteiger partial charge in [0.25, 0.3) is 5.91 Å². The number of anilines is 1. The normalized spacial score (nSPS) is 10.6. The van der Waals surface area contributed by atoms with Crippen molar-refractivity contribution < 1.29 is 19.5 Å². The van der Waals surface area contributed by atoms with E-state index in [4.69, 9.17) is 4.84 Å². The number of phenols is 1. The molecule has 3 rings (SSSR count). The molecule has 1 amide bonds. The number of azo groups is 1. The molecule has 0 bridgehead atoms. The van der Waals surface area contributed by atoms with Crippen LogP contribution in [-0.4, -0.2) is 17.0 Å². The summed E-state index contributed by atoms with van der Waals surface area (Å²) in [6.07, 6.45) is 0. The van der Waals surface area contributed by atoms with Crippen LogP contribution in [0.15, 0.2) is 83.0 Å². The minimum atomic E-state index is -0.646. The van der Waals surface area contributed by atoms with Gasteiger partial charge in [0.2, 0.25) is 0 Å².